The van der Waals surface area contributed by atoms with Crippen LogP contribution in [0.15, 0.2) is 70.4 Å². The Bertz CT molecular complexity index is 1510. The van der Waals surface area contributed by atoms with Crippen LogP contribution in [0.4, 0.5) is 10.1 Å². The van der Waals surface area contributed by atoms with E-state index in [-0.39, 0.29) is 27.6 Å². The molecule has 2 aromatic heterocycles. The molecule has 0 bridgehead atoms. The quantitative estimate of drug-likeness (QED) is 0.481. The van der Waals surface area contributed by atoms with E-state index < -0.39 is 21.6 Å². The molecule has 0 spiro atoms. The normalized spacial score (nSPS) is 11.5. The Morgan fingerprint density at radius 2 is 1.78 bits per heavy atom. The van der Waals surface area contributed by atoms with Crippen molar-refractivity contribution in [3.8, 4) is 11.4 Å². The number of sulfone groups is 1. The average molecular weight is 455 g/mol. The first-order valence-electron chi connectivity index (χ1n) is 9.37. The Morgan fingerprint density at radius 1 is 1.06 bits per heavy atom. The number of hydrogen-bond donors (Lipinski definition) is 2. The predicted octanol–water partition coefficient (Wildman–Crippen LogP) is 3.12. The summed E-state index contributed by atoms with van der Waals surface area (Å²) in [6.07, 6.45) is 1.06. The van der Waals surface area contributed by atoms with Gasteiger partial charge < -0.3 is 15.0 Å². The van der Waals surface area contributed by atoms with E-state index in [2.05, 4.69) is 10.3 Å². The monoisotopic (exact) mass is 455 g/mol. The third kappa shape index (κ3) is 4.00. The topological polar surface area (TPSA) is 110 Å². The highest BCUT2D eigenvalue weighted by molar-refractivity contribution is 7.90. The third-order valence-electron chi connectivity index (χ3n) is 4.85. The van der Waals surface area contributed by atoms with Crippen LogP contribution in [-0.2, 0) is 9.84 Å². The molecule has 4 rings (SSSR count). The molecule has 8 nitrogen and oxygen atoms in total. The van der Waals surface area contributed by atoms with E-state index in [1.54, 1.807) is 12.1 Å². The highest BCUT2D eigenvalue weighted by Gasteiger charge is 2.17. The van der Waals surface area contributed by atoms with Gasteiger partial charge in [0.25, 0.3) is 11.5 Å². The SMILES string of the molecule is COc1ccc(S(C)(=O)=O)cc1NC(=O)c1cc2ccc(=O)n(-c3ccc(F)cc3)c2[nH]1. The number of amides is 1. The minimum atomic E-state index is -3.49. The highest BCUT2D eigenvalue weighted by Crippen LogP contribution is 2.28. The van der Waals surface area contributed by atoms with Crippen molar-refractivity contribution in [2.75, 3.05) is 18.7 Å². The summed E-state index contributed by atoms with van der Waals surface area (Å²) in [4.78, 5) is 28.3. The van der Waals surface area contributed by atoms with E-state index in [1.807, 2.05) is 0 Å². The number of H-pyrrole nitrogens is 1. The molecule has 0 fully saturated rings. The lowest BCUT2D eigenvalue weighted by molar-refractivity contribution is 0.102. The molecule has 0 aliphatic rings. The van der Waals surface area contributed by atoms with Gasteiger partial charge in [0.05, 0.1) is 23.4 Å². The van der Waals surface area contributed by atoms with Gasteiger partial charge in [-0.25, -0.2) is 12.8 Å². The van der Waals surface area contributed by atoms with E-state index in [9.17, 15) is 22.4 Å². The number of hydrogen-bond acceptors (Lipinski definition) is 5. The van der Waals surface area contributed by atoms with Crippen LogP contribution in [0.2, 0.25) is 0 Å². The summed E-state index contributed by atoms with van der Waals surface area (Å²) in [5.74, 6) is -0.723. The number of methoxy groups -OCH3 is 1. The molecule has 0 unspecified atom stereocenters. The number of nitrogens with zero attached hydrogens (tertiary/aromatic N) is 1. The van der Waals surface area contributed by atoms with Gasteiger partial charge >= 0.3 is 0 Å². The van der Waals surface area contributed by atoms with Gasteiger partial charge in [0.1, 0.15) is 22.9 Å². The minimum Gasteiger partial charge on any atom is -0.495 e. The number of rotatable bonds is 5. The lowest BCUT2D eigenvalue weighted by Crippen LogP contribution is -2.18. The van der Waals surface area contributed by atoms with Gasteiger partial charge in [0.15, 0.2) is 9.84 Å². The first-order valence-corrected chi connectivity index (χ1v) is 11.3. The Hall–Kier alpha value is -3.92. The van der Waals surface area contributed by atoms with E-state index >= 15 is 0 Å². The number of benzene rings is 2. The summed E-state index contributed by atoms with van der Waals surface area (Å²) in [5.41, 5.74) is 0.730. The standard InChI is InChI=1S/C22H18FN3O5S/c1-31-19-9-8-16(32(2,29)30)12-17(19)25-22(28)18-11-13-3-10-20(27)26(21(13)24-18)15-6-4-14(23)5-7-15/h3-12,24H,1-2H3,(H,25,28). The van der Waals surface area contributed by atoms with Gasteiger partial charge in [-0.2, -0.15) is 0 Å². The van der Waals surface area contributed by atoms with Gasteiger partial charge in [0, 0.05) is 17.7 Å². The maximum Gasteiger partial charge on any atom is 0.272 e. The summed E-state index contributed by atoms with van der Waals surface area (Å²) in [6, 6.07) is 14.0. The van der Waals surface area contributed by atoms with E-state index in [0.717, 1.165) is 6.26 Å². The number of fused-ring (bicyclic) bond motifs is 1. The minimum absolute atomic E-state index is 0.0235. The Labute approximate surface area is 182 Å². The molecule has 0 saturated carbocycles. The fourth-order valence-corrected chi connectivity index (χ4v) is 3.94. The number of ether oxygens (including phenoxy) is 1. The fourth-order valence-electron chi connectivity index (χ4n) is 3.29. The highest BCUT2D eigenvalue weighted by atomic mass is 32.2. The molecule has 2 aromatic carbocycles. The molecule has 0 aliphatic heterocycles. The third-order valence-corrected chi connectivity index (χ3v) is 5.96. The molecular formula is C22H18FN3O5S. The van der Waals surface area contributed by atoms with Crippen molar-refractivity contribution < 1.29 is 22.3 Å². The molecule has 0 saturated heterocycles. The number of nitrogens with one attached hydrogen (secondary N) is 2. The van der Waals surface area contributed by atoms with E-state index in [0.29, 0.717) is 16.7 Å². The van der Waals surface area contributed by atoms with Crippen LogP contribution in [0, 0.1) is 5.82 Å². The molecule has 1 amide bonds. The first kappa shape index (κ1) is 21.3. The van der Waals surface area contributed by atoms with Crippen LogP contribution in [0.25, 0.3) is 16.7 Å². The summed E-state index contributed by atoms with van der Waals surface area (Å²) in [6.45, 7) is 0. The van der Waals surface area contributed by atoms with Crippen LogP contribution in [0.3, 0.4) is 0 Å². The zero-order chi connectivity index (χ0) is 23.0. The Morgan fingerprint density at radius 3 is 2.44 bits per heavy atom. The van der Waals surface area contributed by atoms with Crippen molar-refractivity contribution in [3.63, 3.8) is 0 Å². The van der Waals surface area contributed by atoms with E-state index in [1.165, 1.54) is 60.2 Å². The number of anilines is 1. The second kappa shape index (κ2) is 7.97. The van der Waals surface area contributed by atoms with Crippen molar-refractivity contribution in [1.29, 1.82) is 0 Å². The molecule has 10 heteroatoms. The second-order valence-electron chi connectivity index (χ2n) is 7.06. The smallest absolute Gasteiger partial charge is 0.272 e. The largest absolute Gasteiger partial charge is 0.495 e. The van der Waals surface area contributed by atoms with Crippen LogP contribution >= 0.6 is 0 Å². The number of aromatic amines is 1. The number of carbonyl (C=O) groups excluding carboxylic acids is 1. The lowest BCUT2D eigenvalue weighted by Gasteiger charge is -2.11. The molecule has 164 valence electrons. The Balaban J connectivity index is 1.75. The van der Waals surface area contributed by atoms with Gasteiger partial charge in [0.2, 0.25) is 0 Å². The summed E-state index contributed by atoms with van der Waals surface area (Å²) in [5, 5.41) is 3.22. The maximum atomic E-state index is 13.3. The van der Waals surface area contributed by atoms with Crippen molar-refractivity contribution in [1.82, 2.24) is 9.55 Å². The van der Waals surface area contributed by atoms with Crippen molar-refractivity contribution >= 4 is 32.5 Å². The summed E-state index contributed by atoms with van der Waals surface area (Å²) in [7, 11) is -2.10. The fraction of sp³-hybridized carbons (Fsp3) is 0.0909. The van der Waals surface area contributed by atoms with Crippen LogP contribution in [0.1, 0.15) is 10.5 Å². The molecule has 2 N–H and O–H groups in total. The average Bonchev–Trinajstić information content (AvgIpc) is 3.18. The molecule has 32 heavy (non-hydrogen) atoms. The molecular weight excluding hydrogens is 437 g/mol. The van der Waals surface area contributed by atoms with Crippen LogP contribution in [-0.4, -0.2) is 37.2 Å². The van der Waals surface area contributed by atoms with Gasteiger partial charge in [-0.1, -0.05) is 0 Å². The molecule has 0 atom stereocenters. The van der Waals surface area contributed by atoms with E-state index in [4.69, 9.17) is 4.74 Å². The van der Waals surface area contributed by atoms with Crippen molar-refractivity contribution in [3.05, 3.63) is 82.5 Å². The molecule has 4 aromatic rings. The molecule has 2 heterocycles. The predicted molar refractivity (Wildman–Crippen MR) is 118 cm³/mol. The maximum absolute atomic E-state index is 13.3. The van der Waals surface area contributed by atoms with Gasteiger partial charge in [-0.15, -0.1) is 0 Å². The molecule has 0 radical (unpaired) electrons. The van der Waals surface area contributed by atoms with Crippen molar-refractivity contribution in [2.45, 2.75) is 4.90 Å². The van der Waals surface area contributed by atoms with Gasteiger partial charge in [-0.05, 0) is 54.6 Å². The van der Waals surface area contributed by atoms with Crippen LogP contribution in [0.5, 0.6) is 5.75 Å². The number of aromatic nitrogens is 2. The number of halogens is 1. The number of pyridine rings is 1. The summed E-state index contributed by atoms with van der Waals surface area (Å²) >= 11 is 0. The van der Waals surface area contributed by atoms with Crippen molar-refractivity contribution in [2.24, 2.45) is 0 Å². The lowest BCUT2D eigenvalue weighted by atomic mass is 10.2. The molecule has 0 aliphatic carbocycles. The van der Waals surface area contributed by atoms with Crippen LogP contribution < -0.4 is 15.6 Å². The number of carbonyl (C=O) groups is 1. The van der Waals surface area contributed by atoms with Gasteiger partial charge in [-0.3, -0.25) is 14.2 Å². The second-order valence-corrected chi connectivity index (χ2v) is 9.07. The zero-order valence-corrected chi connectivity index (χ0v) is 17.9. The summed E-state index contributed by atoms with van der Waals surface area (Å²) < 4.78 is 43.6. The zero-order valence-electron chi connectivity index (χ0n) is 17.0. The Kier molecular flexibility index (Phi) is 5.31. The first-order chi connectivity index (χ1) is 15.2.